The van der Waals surface area contributed by atoms with E-state index in [2.05, 4.69) is 15.3 Å². The Morgan fingerprint density at radius 1 is 1.39 bits per heavy atom. The van der Waals surface area contributed by atoms with Crippen molar-refractivity contribution in [2.45, 2.75) is 0 Å². The Labute approximate surface area is 109 Å². The fraction of sp³-hybridized carbons (Fsp3) is 0.0833. The van der Waals surface area contributed by atoms with E-state index in [1.54, 1.807) is 31.4 Å². The van der Waals surface area contributed by atoms with Crippen LogP contribution in [0.15, 0.2) is 36.7 Å². The van der Waals surface area contributed by atoms with Crippen LogP contribution >= 0.6 is 11.6 Å². The maximum Gasteiger partial charge on any atom is 0.275 e. The number of methoxy groups -OCH3 is 1. The van der Waals surface area contributed by atoms with Gasteiger partial charge in [0.1, 0.15) is 16.6 Å². The van der Waals surface area contributed by atoms with E-state index in [1.807, 2.05) is 0 Å². The van der Waals surface area contributed by atoms with Crippen molar-refractivity contribution in [1.82, 2.24) is 9.97 Å². The summed E-state index contributed by atoms with van der Waals surface area (Å²) in [5.74, 6) is 0.281. The number of nitrogens with one attached hydrogen (secondary N) is 1. The molecule has 0 unspecified atom stereocenters. The van der Waals surface area contributed by atoms with Gasteiger partial charge in [0.2, 0.25) is 0 Å². The second-order valence-electron chi connectivity index (χ2n) is 3.41. The van der Waals surface area contributed by atoms with Crippen LogP contribution in [-0.2, 0) is 0 Å². The molecule has 1 aromatic heterocycles. The van der Waals surface area contributed by atoms with Crippen LogP contribution in [0.1, 0.15) is 10.5 Å². The number of carbonyl (C=O) groups excluding carboxylic acids is 1. The lowest BCUT2D eigenvalue weighted by Crippen LogP contribution is -2.14. The van der Waals surface area contributed by atoms with Gasteiger partial charge in [-0.2, -0.15) is 0 Å². The number of aromatic nitrogens is 2. The molecule has 0 radical (unpaired) electrons. The molecule has 2 rings (SSSR count). The van der Waals surface area contributed by atoms with E-state index in [1.165, 1.54) is 12.4 Å². The number of hydrogen-bond donors (Lipinski definition) is 1. The number of benzene rings is 1. The number of anilines is 1. The van der Waals surface area contributed by atoms with Gasteiger partial charge >= 0.3 is 0 Å². The van der Waals surface area contributed by atoms with Gasteiger partial charge in [0, 0.05) is 11.8 Å². The monoisotopic (exact) mass is 263 g/mol. The van der Waals surface area contributed by atoms with Crippen LogP contribution in [0.2, 0.25) is 5.15 Å². The molecule has 0 saturated carbocycles. The molecular formula is C12H10ClN3O2. The summed E-state index contributed by atoms with van der Waals surface area (Å²) in [7, 11) is 1.56. The predicted molar refractivity (Wildman–Crippen MR) is 68.0 cm³/mol. The number of amides is 1. The fourth-order valence-electron chi connectivity index (χ4n) is 1.35. The van der Waals surface area contributed by atoms with Crippen molar-refractivity contribution < 1.29 is 9.53 Å². The van der Waals surface area contributed by atoms with Crippen LogP contribution in [0.25, 0.3) is 0 Å². The Hall–Kier alpha value is -2.14. The minimum Gasteiger partial charge on any atom is -0.497 e. The third-order valence-electron chi connectivity index (χ3n) is 2.17. The number of nitrogens with zero attached hydrogens (tertiary/aromatic N) is 2. The first-order valence-corrected chi connectivity index (χ1v) is 5.50. The van der Waals surface area contributed by atoms with E-state index in [9.17, 15) is 4.79 Å². The summed E-state index contributed by atoms with van der Waals surface area (Å²) in [5, 5.41) is 2.85. The lowest BCUT2D eigenvalue weighted by Gasteiger charge is -2.06. The summed E-state index contributed by atoms with van der Waals surface area (Å²) < 4.78 is 5.06. The van der Waals surface area contributed by atoms with Crippen LogP contribution in [-0.4, -0.2) is 23.0 Å². The number of ether oxygens (including phenoxy) is 1. The summed E-state index contributed by atoms with van der Waals surface area (Å²) in [6.45, 7) is 0. The molecule has 92 valence electrons. The summed E-state index contributed by atoms with van der Waals surface area (Å²) in [5.41, 5.74) is 0.770. The molecule has 0 bridgehead atoms. The molecule has 1 heterocycles. The number of carbonyl (C=O) groups is 1. The molecule has 18 heavy (non-hydrogen) atoms. The average molecular weight is 264 g/mol. The third kappa shape index (κ3) is 2.95. The summed E-state index contributed by atoms with van der Waals surface area (Å²) in [6.07, 6.45) is 2.71. The van der Waals surface area contributed by atoms with Gasteiger partial charge in [-0.25, -0.2) is 4.98 Å². The summed E-state index contributed by atoms with van der Waals surface area (Å²) in [6, 6.07) is 7.02. The van der Waals surface area contributed by atoms with E-state index in [0.29, 0.717) is 11.4 Å². The van der Waals surface area contributed by atoms with E-state index in [-0.39, 0.29) is 16.8 Å². The van der Waals surface area contributed by atoms with Gasteiger partial charge < -0.3 is 10.1 Å². The van der Waals surface area contributed by atoms with Crippen LogP contribution in [0.5, 0.6) is 5.75 Å². The molecule has 5 nitrogen and oxygen atoms in total. The topological polar surface area (TPSA) is 64.1 Å². The van der Waals surface area contributed by atoms with Gasteiger partial charge in [0.05, 0.1) is 19.5 Å². The van der Waals surface area contributed by atoms with E-state index < -0.39 is 0 Å². The first-order chi connectivity index (χ1) is 8.69. The van der Waals surface area contributed by atoms with Crippen LogP contribution in [0, 0.1) is 0 Å². The molecular weight excluding hydrogens is 254 g/mol. The van der Waals surface area contributed by atoms with Crippen molar-refractivity contribution in [3.63, 3.8) is 0 Å². The van der Waals surface area contributed by atoms with Gasteiger partial charge in [-0.1, -0.05) is 17.7 Å². The molecule has 1 N–H and O–H groups in total. The molecule has 6 heteroatoms. The number of hydrogen-bond acceptors (Lipinski definition) is 4. The SMILES string of the molecule is COc1cccc(NC(=O)c2cncc(Cl)n2)c1. The van der Waals surface area contributed by atoms with Crippen LogP contribution < -0.4 is 10.1 Å². The first kappa shape index (κ1) is 12.3. The maximum absolute atomic E-state index is 11.9. The highest BCUT2D eigenvalue weighted by molar-refractivity contribution is 6.29. The molecule has 0 aliphatic heterocycles. The zero-order valence-electron chi connectivity index (χ0n) is 9.55. The Balaban J connectivity index is 2.16. The van der Waals surface area contributed by atoms with Crippen molar-refractivity contribution in [2.24, 2.45) is 0 Å². The van der Waals surface area contributed by atoms with Crippen molar-refractivity contribution >= 4 is 23.2 Å². The summed E-state index contributed by atoms with van der Waals surface area (Å²) in [4.78, 5) is 19.5. The molecule has 0 fully saturated rings. The van der Waals surface area contributed by atoms with Gasteiger partial charge in [0.25, 0.3) is 5.91 Å². The molecule has 0 aliphatic rings. The van der Waals surface area contributed by atoms with E-state index in [4.69, 9.17) is 16.3 Å². The zero-order valence-corrected chi connectivity index (χ0v) is 10.3. The van der Waals surface area contributed by atoms with Crippen LogP contribution in [0.3, 0.4) is 0 Å². The number of halogens is 1. The van der Waals surface area contributed by atoms with Gasteiger partial charge in [0.15, 0.2) is 0 Å². The van der Waals surface area contributed by atoms with Crippen LogP contribution in [0.4, 0.5) is 5.69 Å². The molecule has 1 amide bonds. The van der Waals surface area contributed by atoms with E-state index >= 15 is 0 Å². The Morgan fingerprint density at radius 3 is 2.94 bits per heavy atom. The molecule has 0 atom stereocenters. The quantitative estimate of drug-likeness (QED) is 0.923. The lowest BCUT2D eigenvalue weighted by molar-refractivity contribution is 0.102. The third-order valence-corrected chi connectivity index (χ3v) is 2.35. The Kier molecular flexibility index (Phi) is 3.74. The lowest BCUT2D eigenvalue weighted by atomic mass is 10.3. The number of rotatable bonds is 3. The average Bonchev–Trinajstić information content (AvgIpc) is 2.39. The highest BCUT2D eigenvalue weighted by Crippen LogP contribution is 2.17. The molecule has 2 aromatic rings. The van der Waals surface area contributed by atoms with Gasteiger partial charge in [-0.3, -0.25) is 9.78 Å². The highest BCUT2D eigenvalue weighted by atomic mass is 35.5. The Morgan fingerprint density at radius 2 is 2.22 bits per heavy atom. The smallest absolute Gasteiger partial charge is 0.275 e. The second kappa shape index (κ2) is 5.46. The van der Waals surface area contributed by atoms with Gasteiger partial charge in [-0.05, 0) is 12.1 Å². The standard InChI is InChI=1S/C12H10ClN3O2/c1-18-9-4-2-3-8(5-9)15-12(17)10-6-14-7-11(13)16-10/h2-7H,1H3,(H,15,17). The largest absolute Gasteiger partial charge is 0.497 e. The minimum atomic E-state index is -0.377. The zero-order chi connectivity index (χ0) is 13.0. The minimum absolute atomic E-state index is 0.158. The molecule has 0 spiro atoms. The Bertz CT molecular complexity index is 575. The normalized spacial score (nSPS) is 9.89. The summed E-state index contributed by atoms with van der Waals surface area (Å²) >= 11 is 5.67. The highest BCUT2D eigenvalue weighted by Gasteiger charge is 2.09. The van der Waals surface area contributed by atoms with Gasteiger partial charge in [-0.15, -0.1) is 0 Å². The first-order valence-electron chi connectivity index (χ1n) is 5.12. The molecule has 0 aliphatic carbocycles. The maximum atomic E-state index is 11.9. The fourth-order valence-corrected chi connectivity index (χ4v) is 1.49. The van der Waals surface area contributed by atoms with Crippen molar-refractivity contribution in [2.75, 3.05) is 12.4 Å². The van der Waals surface area contributed by atoms with Crippen molar-refractivity contribution in [3.8, 4) is 5.75 Å². The predicted octanol–water partition coefficient (Wildman–Crippen LogP) is 2.39. The second-order valence-corrected chi connectivity index (χ2v) is 3.80. The van der Waals surface area contributed by atoms with Crippen molar-refractivity contribution in [3.05, 3.63) is 47.5 Å². The molecule has 0 saturated heterocycles. The van der Waals surface area contributed by atoms with E-state index in [0.717, 1.165) is 0 Å². The van der Waals surface area contributed by atoms with Crippen molar-refractivity contribution in [1.29, 1.82) is 0 Å². The molecule has 1 aromatic carbocycles.